The summed E-state index contributed by atoms with van der Waals surface area (Å²) in [5.74, 6) is -1.26. The van der Waals surface area contributed by atoms with E-state index in [9.17, 15) is 23.2 Å². The molecule has 1 saturated carbocycles. The van der Waals surface area contributed by atoms with Crippen LogP contribution in [0.15, 0.2) is 59.6 Å². The van der Waals surface area contributed by atoms with Crippen LogP contribution in [-0.2, 0) is 9.53 Å². The topological polar surface area (TPSA) is 59.3 Å². The molecule has 0 bridgehead atoms. The Bertz CT molecular complexity index is 1070. The van der Waals surface area contributed by atoms with Crippen molar-refractivity contribution in [3.63, 3.8) is 0 Å². The fourth-order valence-electron chi connectivity index (χ4n) is 3.53. The maximum absolute atomic E-state index is 12.7. The lowest BCUT2D eigenvalue weighted by molar-refractivity contribution is -0.149. The fraction of sp³-hybridized carbons (Fsp3) is 0.333. The van der Waals surface area contributed by atoms with Gasteiger partial charge in [-0.15, -0.1) is 0 Å². The third-order valence-electron chi connectivity index (χ3n) is 5.53. The fourth-order valence-corrected chi connectivity index (χ4v) is 3.67. The maximum Gasteiger partial charge on any atom is 0.426 e. The Kier molecular flexibility index (Phi) is 6.56. The van der Waals surface area contributed by atoms with E-state index in [0.29, 0.717) is 17.1 Å². The van der Waals surface area contributed by atoms with Crippen LogP contribution in [0, 0.1) is 35.5 Å². The number of benzene rings is 2. The predicted octanol–water partition coefficient (Wildman–Crippen LogP) is 6.85. The molecule has 0 N–H and O–H groups in total. The van der Waals surface area contributed by atoms with Crippen LogP contribution in [0.5, 0.6) is 11.5 Å². The van der Waals surface area contributed by atoms with E-state index in [-0.39, 0.29) is 0 Å². The molecule has 0 radical (unpaired) electrons. The maximum atomic E-state index is 12.7. The van der Waals surface area contributed by atoms with Crippen LogP contribution in [0.3, 0.4) is 0 Å². The van der Waals surface area contributed by atoms with Crippen molar-refractivity contribution >= 4 is 17.6 Å². The van der Waals surface area contributed by atoms with Gasteiger partial charge in [0.1, 0.15) is 22.6 Å². The van der Waals surface area contributed by atoms with Crippen molar-refractivity contribution in [2.75, 3.05) is 0 Å². The highest BCUT2D eigenvalue weighted by Gasteiger charge is 2.62. The summed E-state index contributed by atoms with van der Waals surface area (Å²) in [5.41, 5.74) is 0.707. The molecule has 2 aromatic carbocycles. The Hall–Kier alpha value is -2.98. The Morgan fingerprint density at radius 3 is 2.44 bits per heavy atom. The number of halogens is 4. The number of alkyl halides is 3. The molecule has 1 unspecified atom stereocenters. The molecule has 8 heteroatoms. The molecule has 1 aliphatic carbocycles. The first-order valence-corrected chi connectivity index (χ1v) is 10.2. The number of hydrogen-bond acceptors (Lipinski definition) is 4. The van der Waals surface area contributed by atoms with E-state index in [1.54, 1.807) is 50.2 Å². The van der Waals surface area contributed by atoms with E-state index in [1.165, 1.54) is 0 Å². The lowest BCUT2D eigenvalue weighted by Crippen LogP contribution is -2.14. The predicted molar refractivity (Wildman–Crippen MR) is 113 cm³/mol. The highest BCUT2D eigenvalue weighted by molar-refractivity contribution is 6.30. The molecule has 0 saturated heterocycles. The zero-order valence-corrected chi connectivity index (χ0v) is 18.4. The number of aryl methyl sites for hydroxylation is 1. The number of allylic oxidation sites excluding steroid dienone is 2. The van der Waals surface area contributed by atoms with Crippen LogP contribution in [0.4, 0.5) is 13.2 Å². The summed E-state index contributed by atoms with van der Waals surface area (Å²) in [6.45, 7) is 5.25. The molecule has 0 aliphatic heterocycles. The van der Waals surface area contributed by atoms with Crippen LogP contribution in [-0.4, -0.2) is 12.1 Å². The summed E-state index contributed by atoms with van der Waals surface area (Å²) in [4.78, 5) is 12.7. The lowest BCUT2D eigenvalue weighted by atomic mass is 10.1. The lowest BCUT2D eigenvalue weighted by Gasteiger charge is -2.13. The highest BCUT2D eigenvalue weighted by atomic mass is 35.5. The molecule has 1 fully saturated rings. The van der Waals surface area contributed by atoms with Crippen LogP contribution in [0.25, 0.3) is 0 Å². The molecule has 3 rings (SSSR count). The number of rotatable bonds is 6. The summed E-state index contributed by atoms with van der Waals surface area (Å²) < 4.78 is 49.4. The molecule has 0 amide bonds. The van der Waals surface area contributed by atoms with Gasteiger partial charge in [-0.2, -0.15) is 18.4 Å². The first-order valence-electron chi connectivity index (χ1n) is 9.82. The number of nitrogens with zero attached hydrogens (tertiary/aromatic N) is 1. The van der Waals surface area contributed by atoms with Gasteiger partial charge >= 0.3 is 12.1 Å². The van der Waals surface area contributed by atoms with Gasteiger partial charge in [0.15, 0.2) is 0 Å². The zero-order chi connectivity index (χ0) is 23.7. The first-order chi connectivity index (χ1) is 14.9. The van der Waals surface area contributed by atoms with Crippen molar-refractivity contribution < 1.29 is 27.4 Å². The van der Waals surface area contributed by atoms with Crippen molar-refractivity contribution in [2.45, 2.75) is 33.1 Å². The van der Waals surface area contributed by atoms with E-state index < -0.39 is 40.5 Å². The summed E-state index contributed by atoms with van der Waals surface area (Å²) >= 11 is 5.33. The van der Waals surface area contributed by atoms with Gasteiger partial charge in [-0.3, -0.25) is 4.79 Å². The molecule has 168 valence electrons. The molecule has 1 aliphatic rings. The van der Waals surface area contributed by atoms with Crippen LogP contribution in [0.1, 0.15) is 31.1 Å². The molecule has 0 aromatic heterocycles. The number of nitriles is 1. The summed E-state index contributed by atoms with van der Waals surface area (Å²) in [6.07, 6.45) is -5.07. The molecular formula is C24H21ClF3NO3. The minimum Gasteiger partial charge on any atom is -0.457 e. The van der Waals surface area contributed by atoms with Crippen molar-refractivity contribution in [1.29, 1.82) is 5.26 Å². The number of ether oxygens (including phenoxy) is 2. The summed E-state index contributed by atoms with van der Waals surface area (Å²) in [7, 11) is 0. The molecule has 3 atom stereocenters. The smallest absolute Gasteiger partial charge is 0.426 e. The third kappa shape index (κ3) is 5.25. The number of carbonyl (C=O) groups is 1. The highest BCUT2D eigenvalue weighted by Crippen LogP contribution is 2.60. The SMILES string of the molecule is Cc1ccc(Oc2cccc(C(C#N)OC(=O)[C@@H]3[C@H](/C=C(\Cl)C(F)(F)F)C3(C)C)c2)cc1. The van der Waals surface area contributed by atoms with Gasteiger partial charge in [0.05, 0.1) is 5.92 Å². The second-order valence-corrected chi connectivity index (χ2v) is 8.68. The van der Waals surface area contributed by atoms with Gasteiger partial charge in [-0.25, -0.2) is 0 Å². The average Bonchev–Trinajstić information content (AvgIpc) is 3.27. The van der Waals surface area contributed by atoms with Crippen LogP contribution >= 0.6 is 11.6 Å². The standard InChI is InChI=1S/C24H21ClF3NO3/c1-14-7-9-16(10-8-14)31-17-6-4-5-15(11-17)19(13-29)32-22(30)21-18(23(21,2)3)12-20(25)24(26,27)28/h4-12,18-19,21H,1-3H3/b20-12-/t18-,19?,21-/m0/s1. The minimum atomic E-state index is -4.68. The number of hydrogen-bond donors (Lipinski definition) is 0. The van der Waals surface area contributed by atoms with Crippen molar-refractivity contribution in [2.24, 2.45) is 17.3 Å². The van der Waals surface area contributed by atoms with Crippen LogP contribution in [0.2, 0.25) is 0 Å². The van der Waals surface area contributed by atoms with Crippen LogP contribution < -0.4 is 4.74 Å². The van der Waals surface area contributed by atoms with E-state index in [4.69, 9.17) is 21.1 Å². The van der Waals surface area contributed by atoms with Gasteiger partial charge in [0, 0.05) is 5.56 Å². The molecule has 0 spiro atoms. The normalized spacial score (nSPS) is 20.8. The largest absolute Gasteiger partial charge is 0.457 e. The second-order valence-electron chi connectivity index (χ2n) is 8.27. The third-order valence-corrected chi connectivity index (χ3v) is 5.87. The van der Waals surface area contributed by atoms with E-state index in [1.807, 2.05) is 25.1 Å². The monoisotopic (exact) mass is 463 g/mol. The number of esters is 1. The van der Waals surface area contributed by atoms with E-state index in [0.717, 1.165) is 11.6 Å². The zero-order valence-electron chi connectivity index (χ0n) is 17.6. The van der Waals surface area contributed by atoms with Gasteiger partial charge in [-0.05, 0) is 42.5 Å². The number of carbonyl (C=O) groups excluding carboxylic acids is 1. The Labute approximate surface area is 189 Å². The van der Waals surface area contributed by atoms with Gasteiger partial charge in [0.2, 0.25) is 6.10 Å². The molecule has 32 heavy (non-hydrogen) atoms. The Morgan fingerprint density at radius 1 is 1.19 bits per heavy atom. The molecule has 4 nitrogen and oxygen atoms in total. The Morgan fingerprint density at radius 2 is 1.84 bits per heavy atom. The van der Waals surface area contributed by atoms with Crippen molar-refractivity contribution in [1.82, 2.24) is 0 Å². The quantitative estimate of drug-likeness (QED) is 0.439. The summed E-state index contributed by atoms with van der Waals surface area (Å²) in [5, 5.41) is 8.27. The van der Waals surface area contributed by atoms with Gasteiger partial charge in [0.25, 0.3) is 0 Å². The van der Waals surface area contributed by atoms with E-state index in [2.05, 4.69) is 0 Å². The summed E-state index contributed by atoms with van der Waals surface area (Å²) in [6, 6.07) is 15.9. The molecule has 2 aromatic rings. The van der Waals surface area contributed by atoms with Crippen molar-refractivity contribution in [3.05, 3.63) is 70.8 Å². The average molecular weight is 464 g/mol. The first kappa shape index (κ1) is 23.7. The molecular weight excluding hydrogens is 443 g/mol. The Balaban J connectivity index is 1.72. The molecule has 0 heterocycles. The van der Waals surface area contributed by atoms with E-state index >= 15 is 0 Å². The van der Waals surface area contributed by atoms with Gasteiger partial charge < -0.3 is 9.47 Å². The van der Waals surface area contributed by atoms with Crippen molar-refractivity contribution in [3.8, 4) is 17.6 Å². The minimum absolute atomic E-state index is 0.393. The second kappa shape index (κ2) is 8.87. The van der Waals surface area contributed by atoms with Gasteiger partial charge in [-0.1, -0.05) is 61.4 Å².